The number of piperidine rings is 3. The number of para-hydroxylation sites is 1. The molecule has 3 saturated heterocycles. The van der Waals surface area contributed by atoms with Crippen molar-refractivity contribution in [2.24, 2.45) is 5.92 Å². The first-order chi connectivity index (χ1) is 12.7. The molecule has 0 spiro atoms. The fourth-order valence-corrected chi connectivity index (χ4v) is 4.42. The molecule has 5 heteroatoms. The summed E-state index contributed by atoms with van der Waals surface area (Å²) < 4.78 is 5.91. The van der Waals surface area contributed by atoms with Crippen LogP contribution in [0, 0.1) is 5.92 Å². The topological polar surface area (TPSA) is 57.5 Å². The van der Waals surface area contributed by atoms with Crippen molar-refractivity contribution < 1.29 is 9.21 Å². The minimum Gasteiger partial charge on any atom is -0.451 e. The molecular formula is C21H27N3O2. The highest BCUT2D eigenvalue weighted by molar-refractivity contribution is 5.92. The number of benzene rings is 1. The SMILES string of the molecule is CCNc1ccccc1-c1ccc(C(=O)NC2C3CCN(CC3)C2C)o1. The van der Waals surface area contributed by atoms with E-state index in [0.717, 1.165) is 30.9 Å². The van der Waals surface area contributed by atoms with Gasteiger partial charge in [-0.05, 0) is 70.0 Å². The molecule has 26 heavy (non-hydrogen) atoms. The number of nitrogens with one attached hydrogen (secondary N) is 2. The lowest BCUT2D eigenvalue weighted by Crippen LogP contribution is -2.62. The van der Waals surface area contributed by atoms with Gasteiger partial charge >= 0.3 is 0 Å². The molecule has 2 unspecified atom stereocenters. The summed E-state index contributed by atoms with van der Waals surface area (Å²) in [5.41, 5.74) is 1.99. The molecule has 2 aromatic rings. The molecule has 1 amide bonds. The van der Waals surface area contributed by atoms with Gasteiger partial charge in [0, 0.05) is 29.9 Å². The van der Waals surface area contributed by atoms with Crippen LogP contribution in [0.4, 0.5) is 5.69 Å². The number of hydrogen-bond acceptors (Lipinski definition) is 4. The summed E-state index contributed by atoms with van der Waals surface area (Å²) in [5.74, 6) is 1.58. The monoisotopic (exact) mass is 353 g/mol. The molecule has 2 N–H and O–H groups in total. The van der Waals surface area contributed by atoms with E-state index in [9.17, 15) is 4.79 Å². The van der Waals surface area contributed by atoms with E-state index < -0.39 is 0 Å². The molecule has 1 aromatic heterocycles. The molecule has 0 aliphatic carbocycles. The minimum absolute atomic E-state index is 0.109. The van der Waals surface area contributed by atoms with Crippen LogP contribution in [0.2, 0.25) is 0 Å². The van der Waals surface area contributed by atoms with Crippen molar-refractivity contribution in [3.63, 3.8) is 0 Å². The van der Waals surface area contributed by atoms with Crippen LogP contribution in [0.25, 0.3) is 11.3 Å². The van der Waals surface area contributed by atoms with Gasteiger partial charge in [-0.15, -0.1) is 0 Å². The van der Waals surface area contributed by atoms with Crippen LogP contribution in [-0.2, 0) is 0 Å². The number of hydrogen-bond donors (Lipinski definition) is 2. The van der Waals surface area contributed by atoms with Crippen molar-refractivity contribution in [1.82, 2.24) is 10.2 Å². The maximum absolute atomic E-state index is 12.8. The van der Waals surface area contributed by atoms with Crippen LogP contribution in [0.5, 0.6) is 0 Å². The molecule has 2 bridgehead atoms. The standard InChI is InChI=1S/C21H27N3O2/c1-3-22-17-7-5-4-6-16(17)18-8-9-19(26-18)21(25)23-20-14(2)24-12-10-15(20)11-13-24/h4-9,14-15,20,22H,3,10-13H2,1-2H3,(H,23,25). The second kappa shape index (κ2) is 7.16. The van der Waals surface area contributed by atoms with Gasteiger partial charge in [-0.2, -0.15) is 0 Å². The summed E-state index contributed by atoms with van der Waals surface area (Å²) in [7, 11) is 0. The highest BCUT2D eigenvalue weighted by Gasteiger charge is 2.40. The van der Waals surface area contributed by atoms with Gasteiger partial charge in [-0.25, -0.2) is 0 Å². The van der Waals surface area contributed by atoms with Crippen molar-refractivity contribution in [3.8, 4) is 11.3 Å². The summed E-state index contributed by atoms with van der Waals surface area (Å²) >= 11 is 0. The normalized spacial score (nSPS) is 27.3. The predicted molar refractivity (Wildman–Crippen MR) is 103 cm³/mol. The molecule has 4 heterocycles. The number of nitrogens with zero attached hydrogens (tertiary/aromatic N) is 1. The Morgan fingerprint density at radius 1 is 1.19 bits per heavy atom. The third kappa shape index (κ3) is 3.12. The Morgan fingerprint density at radius 2 is 1.96 bits per heavy atom. The van der Waals surface area contributed by atoms with Crippen LogP contribution >= 0.6 is 0 Å². The molecule has 0 radical (unpaired) electrons. The van der Waals surface area contributed by atoms with Gasteiger partial charge < -0.3 is 15.1 Å². The molecule has 3 aliphatic heterocycles. The number of furan rings is 1. The number of carbonyl (C=O) groups is 1. The fourth-order valence-electron chi connectivity index (χ4n) is 4.42. The Kier molecular flexibility index (Phi) is 4.72. The summed E-state index contributed by atoms with van der Waals surface area (Å²) in [5, 5.41) is 6.57. The average molecular weight is 353 g/mol. The van der Waals surface area contributed by atoms with Gasteiger partial charge in [0.25, 0.3) is 5.91 Å². The predicted octanol–water partition coefficient (Wildman–Crippen LogP) is 3.59. The van der Waals surface area contributed by atoms with Crippen LogP contribution in [0.1, 0.15) is 37.2 Å². The van der Waals surface area contributed by atoms with Crippen molar-refractivity contribution >= 4 is 11.6 Å². The smallest absolute Gasteiger partial charge is 0.287 e. The van der Waals surface area contributed by atoms with Crippen LogP contribution < -0.4 is 10.6 Å². The Hall–Kier alpha value is -2.27. The molecule has 2 atom stereocenters. The van der Waals surface area contributed by atoms with Gasteiger partial charge in [0.15, 0.2) is 5.76 Å². The lowest BCUT2D eigenvalue weighted by atomic mass is 9.79. The zero-order chi connectivity index (χ0) is 18.1. The molecule has 138 valence electrons. The molecule has 0 saturated carbocycles. The molecule has 3 fully saturated rings. The summed E-state index contributed by atoms with van der Waals surface area (Å²) in [4.78, 5) is 15.2. The highest BCUT2D eigenvalue weighted by Crippen LogP contribution is 2.33. The lowest BCUT2D eigenvalue weighted by Gasteiger charge is -2.49. The Morgan fingerprint density at radius 3 is 2.69 bits per heavy atom. The Labute approximate surface area is 154 Å². The number of anilines is 1. The number of rotatable bonds is 5. The van der Waals surface area contributed by atoms with E-state index in [1.807, 2.05) is 30.3 Å². The molecule has 5 rings (SSSR count). The van der Waals surface area contributed by atoms with Crippen molar-refractivity contribution in [2.75, 3.05) is 25.0 Å². The zero-order valence-corrected chi connectivity index (χ0v) is 15.5. The maximum atomic E-state index is 12.8. The first-order valence-electron chi connectivity index (χ1n) is 9.65. The highest BCUT2D eigenvalue weighted by atomic mass is 16.3. The van der Waals surface area contributed by atoms with Gasteiger partial charge in [0.2, 0.25) is 0 Å². The summed E-state index contributed by atoms with van der Waals surface area (Å²) in [6.07, 6.45) is 2.35. The van der Waals surface area contributed by atoms with Crippen molar-refractivity contribution in [3.05, 3.63) is 42.2 Å². The van der Waals surface area contributed by atoms with Gasteiger partial charge in [-0.1, -0.05) is 12.1 Å². The Bertz CT molecular complexity index is 775. The van der Waals surface area contributed by atoms with E-state index in [4.69, 9.17) is 4.42 Å². The van der Waals surface area contributed by atoms with Crippen LogP contribution in [0.3, 0.4) is 0 Å². The average Bonchev–Trinajstić information content (AvgIpc) is 3.16. The molecule has 5 nitrogen and oxygen atoms in total. The fraction of sp³-hybridized carbons (Fsp3) is 0.476. The number of carbonyl (C=O) groups excluding carboxylic acids is 1. The van der Waals surface area contributed by atoms with E-state index in [-0.39, 0.29) is 11.9 Å². The number of fused-ring (bicyclic) bond motifs is 3. The van der Waals surface area contributed by atoms with E-state index in [0.29, 0.717) is 23.5 Å². The second-order valence-electron chi connectivity index (χ2n) is 7.35. The third-order valence-electron chi connectivity index (χ3n) is 5.87. The first-order valence-corrected chi connectivity index (χ1v) is 9.65. The zero-order valence-electron chi connectivity index (χ0n) is 15.5. The van der Waals surface area contributed by atoms with Crippen molar-refractivity contribution in [2.45, 2.75) is 38.8 Å². The first kappa shape index (κ1) is 17.2. The molecule has 3 aliphatic rings. The molecule has 1 aromatic carbocycles. The van der Waals surface area contributed by atoms with E-state index in [1.54, 1.807) is 6.07 Å². The third-order valence-corrected chi connectivity index (χ3v) is 5.87. The van der Waals surface area contributed by atoms with Gasteiger partial charge in [0.05, 0.1) is 0 Å². The second-order valence-corrected chi connectivity index (χ2v) is 7.35. The van der Waals surface area contributed by atoms with Crippen molar-refractivity contribution in [1.29, 1.82) is 0 Å². The van der Waals surface area contributed by atoms with Crippen LogP contribution in [0.15, 0.2) is 40.8 Å². The number of amides is 1. The quantitative estimate of drug-likeness (QED) is 0.862. The largest absolute Gasteiger partial charge is 0.451 e. The van der Waals surface area contributed by atoms with Crippen LogP contribution in [-0.4, -0.2) is 42.5 Å². The summed E-state index contributed by atoms with van der Waals surface area (Å²) in [6.45, 7) is 7.43. The molecular weight excluding hydrogens is 326 g/mol. The van der Waals surface area contributed by atoms with E-state index >= 15 is 0 Å². The van der Waals surface area contributed by atoms with E-state index in [2.05, 4.69) is 29.4 Å². The summed E-state index contributed by atoms with van der Waals surface area (Å²) in [6, 6.07) is 12.3. The minimum atomic E-state index is -0.109. The maximum Gasteiger partial charge on any atom is 0.287 e. The lowest BCUT2D eigenvalue weighted by molar-refractivity contribution is 0.0211. The van der Waals surface area contributed by atoms with E-state index in [1.165, 1.54) is 12.8 Å². The Balaban J connectivity index is 1.50. The van der Waals surface area contributed by atoms with Gasteiger partial charge in [-0.3, -0.25) is 9.69 Å². The van der Waals surface area contributed by atoms with Gasteiger partial charge in [0.1, 0.15) is 5.76 Å².